The molecule has 0 radical (unpaired) electrons. The SMILES string of the molecule is CCC1=CC(C(F)(F)F)Oc2ccc(Cl)cc21. The second-order valence-electron chi connectivity index (χ2n) is 3.77. The van der Waals surface area contributed by atoms with E-state index in [0.29, 0.717) is 22.6 Å². The second-order valence-corrected chi connectivity index (χ2v) is 4.20. The molecule has 0 aromatic heterocycles. The largest absolute Gasteiger partial charge is 0.476 e. The van der Waals surface area contributed by atoms with Crippen molar-refractivity contribution >= 4 is 17.2 Å². The summed E-state index contributed by atoms with van der Waals surface area (Å²) in [6.45, 7) is 1.80. The zero-order valence-corrected chi connectivity index (χ0v) is 9.77. The molecule has 5 heteroatoms. The quantitative estimate of drug-likeness (QED) is 0.726. The van der Waals surface area contributed by atoms with Crippen molar-refractivity contribution in [3.63, 3.8) is 0 Å². The van der Waals surface area contributed by atoms with Gasteiger partial charge in [0.05, 0.1) is 0 Å². The summed E-state index contributed by atoms with van der Waals surface area (Å²) in [5.74, 6) is 0.232. The highest BCUT2D eigenvalue weighted by atomic mass is 35.5. The Bertz CT molecular complexity index is 465. The number of rotatable bonds is 1. The molecule has 1 heterocycles. The van der Waals surface area contributed by atoms with Crippen molar-refractivity contribution in [1.29, 1.82) is 0 Å². The highest BCUT2D eigenvalue weighted by Crippen LogP contribution is 2.39. The third kappa shape index (κ3) is 2.41. The smallest absolute Gasteiger partial charge is 0.429 e. The van der Waals surface area contributed by atoms with Gasteiger partial charge in [-0.25, -0.2) is 0 Å². The molecule has 0 N–H and O–H groups in total. The monoisotopic (exact) mass is 262 g/mol. The summed E-state index contributed by atoms with van der Waals surface area (Å²) in [5.41, 5.74) is 1.25. The predicted octanol–water partition coefficient (Wildman–Crippen LogP) is 4.46. The minimum atomic E-state index is -4.39. The van der Waals surface area contributed by atoms with Gasteiger partial charge in [0.15, 0.2) is 0 Å². The van der Waals surface area contributed by atoms with E-state index >= 15 is 0 Å². The average Bonchev–Trinajstić information content (AvgIpc) is 2.26. The third-order valence-electron chi connectivity index (χ3n) is 2.60. The molecule has 0 aliphatic carbocycles. The zero-order chi connectivity index (χ0) is 12.6. The first-order valence-corrected chi connectivity index (χ1v) is 5.53. The van der Waals surface area contributed by atoms with E-state index in [4.69, 9.17) is 16.3 Å². The minimum Gasteiger partial charge on any atom is -0.476 e. The summed E-state index contributed by atoms with van der Waals surface area (Å²) in [5, 5.41) is 0.483. The Kier molecular flexibility index (Phi) is 3.08. The Labute approximate surface area is 102 Å². The lowest BCUT2D eigenvalue weighted by molar-refractivity contribution is -0.180. The fraction of sp³-hybridized carbons (Fsp3) is 0.333. The summed E-state index contributed by atoms with van der Waals surface area (Å²) < 4.78 is 42.8. The lowest BCUT2D eigenvalue weighted by Gasteiger charge is -2.26. The number of alkyl halides is 3. The molecular weight excluding hydrogens is 253 g/mol. The number of benzene rings is 1. The van der Waals surface area contributed by atoms with Crippen LogP contribution in [0.1, 0.15) is 18.9 Å². The molecule has 0 fully saturated rings. The van der Waals surface area contributed by atoms with Crippen LogP contribution in [-0.4, -0.2) is 12.3 Å². The molecule has 2 rings (SSSR count). The number of allylic oxidation sites excluding steroid dienone is 1. The molecule has 0 bridgehead atoms. The highest BCUT2D eigenvalue weighted by Gasteiger charge is 2.42. The summed E-state index contributed by atoms with van der Waals surface area (Å²) in [6, 6.07) is 4.62. The van der Waals surface area contributed by atoms with Gasteiger partial charge in [0.25, 0.3) is 0 Å². The van der Waals surface area contributed by atoms with E-state index in [1.165, 1.54) is 12.1 Å². The molecule has 1 aliphatic heterocycles. The van der Waals surface area contributed by atoms with Crippen LogP contribution >= 0.6 is 11.6 Å². The maximum atomic E-state index is 12.6. The fourth-order valence-corrected chi connectivity index (χ4v) is 1.94. The van der Waals surface area contributed by atoms with Crippen molar-refractivity contribution in [1.82, 2.24) is 0 Å². The molecule has 1 aromatic carbocycles. The summed E-state index contributed by atoms with van der Waals surface area (Å²) in [7, 11) is 0. The summed E-state index contributed by atoms with van der Waals surface area (Å²) in [4.78, 5) is 0. The van der Waals surface area contributed by atoms with Crippen LogP contribution in [0.5, 0.6) is 5.75 Å². The standard InChI is InChI=1S/C12H10ClF3O/c1-2-7-5-11(12(14,15)16)17-10-4-3-8(13)6-9(7)10/h3-6,11H,2H2,1H3. The van der Waals surface area contributed by atoms with Crippen LogP contribution in [0.3, 0.4) is 0 Å². The van der Waals surface area contributed by atoms with Gasteiger partial charge in [0, 0.05) is 10.6 Å². The molecule has 1 aromatic rings. The van der Waals surface area contributed by atoms with Crippen molar-refractivity contribution in [2.75, 3.05) is 0 Å². The fourth-order valence-electron chi connectivity index (χ4n) is 1.77. The molecular formula is C12H10ClF3O. The number of fused-ring (bicyclic) bond motifs is 1. The number of hydrogen-bond donors (Lipinski definition) is 0. The van der Waals surface area contributed by atoms with E-state index in [0.717, 1.165) is 6.08 Å². The average molecular weight is 263 g/mol. The first-order valence-electron chi connectivity index (χ1n) is 5.16. The lowest BCUT2D eigenvalue weighted by atomic mass is 9.98. The topological polar surface area (TPSA) is 9.23 Å². The van der Waals surface area contributed by atoms with E-state index in [1.54, 1.807) is 13.0 Å². The van der Waals surface area contributed by atoms with E-state index in [-0.39, 0.29) is 5.75 Å². The molecule has 1 atom stereocenters. The molecule has 1 unspecified atom stereocenters. The van der Waals surface area contributed by atoms with Crippen molar-refractivity contribution in [3.05, 3.63) is 34.9 Å². The van der Waals surface area contributed by atoms with Gasteiger partial charge >= 0.3 is 6.18 Å². The second kappa shape index (κ2) is 4.26. The first kappa shape index (κ1) is 12.3. The Morgan fingerprint density at radius 2 is 2.06 bits per heavy atom. The minimum absolute atomic E-state index is 0.232. The third-order valence-corrected chi connectivity index (χ3v) is 2.83. The Hall–Kier alpha value is -1.16. The van der Waals surface area contributed by atoms with Gasteiger partial charge in [0.1, 0.15) is 5.75 Å². The molecule has 17 heavy (non-hydrogen) atoms. The molecule has 0 saturated carbocycles. The van der Waals surface area contributed by atoms with Gasteiger partial charge in [0.2, 0.25) is 6.10 Å². The van der Waals surface area contributed by atoms with Gasteiger partial charge < -0.3 is 4.74 Å². The molecule has 0 saturated heterocycles. The van der Waals surface area contributed by atoms with Crippen LogP contribution in [0.25, 0.3) is 5.57 Å². The van der Waals surface area contributed by atoms with Crippen molar-refractivity contribution < 1.29 is 17.9 Å². The number of halogens is 4. The molecule has 1 aliphatic rings. The summed E-state index contributed by atoms with van der Waals surface area (Å²) >= 11 is 5.82. The Morgan fingerprint density at radius 3 is 2.65 bits per heavy atom. The predicted molar refractivity (Wildman–Crippen MR) is 60.2 cm³/mol. The van der Waals surface area contributed by atoms with E-state index in [9.17, 15) is 13.2 Å². The van der Waals surface area contributed by atoms with Gasteiger partial charge in [-0.15, -0.1) is 0 Å². The van der Waals surface area contributed by atoms with E-state index < -0.39 is 12.3 Å². The van der Waals surface area contributed by atoms with Crippen LogP contribution in [0.15, 0.2) is 24.3 Å². The maximum Gasteiger partial charge on any atom is 0.429 e. The Balaban J connectivity index is 2.46. The van der Waals surface area contributed by atoms with Crippen molar-refractivity contribution in [2.45, 2.75) is 25.6 Å². The maximum absolute atomic E-state index is 12.6. The van der Waals surface area contributed by atoms with Crippen LogP contribution in [0.2, 0.25) is 5.02 Å². The molecule has 1 nitrogen and oxygen atoms in total. The van der Waals surface area contributed by atoms with E-state index in [1.807, 2.05) is 0 Å². The van der Waals surface area contributed by atoms with Crippen LogP contribution in [0, 0.1) is 0 Å². The molecule has 0 amide bonds. The normalized spacial score (nSPS) is 19.4. The number of ether oxygens (including phenoxy) is 1. The van der Waals surface area contributed by atoms with E-state index in [2.05, 4.69) is 0 Å². The summed E-state index contributed by atoms with van der Waals surface area (Å²) in [6.07, 6.45) is -4.65. The zero-order valence-electron chi connectivity index (χ0n) is 9.01. The number of hydrogen-bond acceptors (Lipinski definition) is 1. The van der Waals surface area contributed by atoms with Crippen molar-refractivity contribution in [3.8, 4) is 5.75 Å². The van der Waals surface area contributed by atoms with Gasteiger partial charge in [-0.05, 0) is 36.3 Å². The van der Waals surface area contributed by atoms with Gasteiger partial charge in [-0.2, -0.15) is 13.2 Å². The Morgan fingerprint density at radius 1 is 1.35 bits per heavy atom. The lowest BCUT2D eigenvalue weighted by Crippen LogP contribution is -2.34. The highest BCUT2D eigenvalue weighted by molar-refractivity contribution is 6.30. The van der Waals surface area contributed by atoms with Gasteiger partial charge in [-0.1, -0.05) is 18.5 Å². The molecule has 92 valence electrons. The molecule has 0 spiro atoms. The van der Waals surface area contributed by atoms with Crippen LogP contribution < -0.4 is 4.74 Å². The van der Waals surface area contributed by atoms with Crippen molar-refractivity contribution in [2.24, 2.45) is 0 Å². The van der Waals surface area contributed by atoms with Gasteiger partial charge in [-0.3, -0.25) is 0 Å². The van der Waals surface area contributed by atoms with Crippen LogP contribution in [-0.2, 0) is 0 Å². The first-order chi connectivity index (χ1) is 7.91. The van der Waals surface area contributed by atoms with Crippen LogP contribution in [0.4, 0.5) is 13.2 Å².